The van der Waals surface area contributed by atoms with Gasteiger partial charge in [-0.15, -0.1) is 24.0 Å². The summed E-state index contributed by atoms with van der Waals surface area (Å²) in [7, 11) is 0. The Morgan fingerprint density at radius 3 is 2.50 bits per heavy atom. The molecule has 3 aromatic rings. The standard InChI is InChI=1S/C25H32N6O2.HI/c1-3-26-25(30-16-14-29(15-17-30)24(32)23-12-8-18-33-23)27-13-7-9-21-19-31(28-20(21)2)22-10-5-4-6-11-22;/h4-6,8,10-12,18-19H,3,7,9,13-17H2,1-2H3,(H,26,27);1H. The fraction of sp³-hybridized carbons (Fsp3) is 0.400. The van der Waals surface area contributed by atoms with Crippen molar-refractivity contribution in [2.24, 2.45) is 4.99 Å². The second kappa shape index (κ2) is 12.6. The lowest BCUT2D eigenvalue weighted by atomic mass is 10.1. The number of nitrogens with one attached hydrogen (secondary N) is 1. The third-order valence-electron chi connectivity index (χ3n) is 5.82. The highest BCUT2D eigenvalue weighted by atomic mass is 127. The van der Waals surface area contributed by atoms with Crippen molar-refractivity contribution in [3.8, 4) is 5.69 Å². The fourth-order valence-corrected chi connectivity index (χ4v) is 4.01. The van der Waals surface area contributed by atoms with Crippen molar-refractivity contribution >= 4 is 35.8 Å². The molecular formula is C25H33IN6O2. The summed E-state index contributed by atoms with van der Waals surface area (Å²) < 4.78 is 7.20. The topological polar surface area (TPSA) is 78.9 Å². The van der Waals surface area contributed by atoms with Crippen molar-refractivity contribution in [3.63, 3.8) is 0 Å². The summed E-state index contributed by atoms with van der Waals surface area (Å²) in [6.45, 7) is 8.50. The number of carbonyl (C=O) groups is 1. The van der Waals surface area contributed by atoms with Gasteiger partial charge in [-0.3, -0.25) is 9.79 Å². The molecule has 34 heavy (non-hydrogen) atoms. The molecule has 0 radical (unpaired) electrons. The second-order valence-electron chi connectivity index (χ2n) is 8.12. The number of guanidine groups is 1. The fourth-order valence-electron chi connectivity index (χ4n) is 4.01. The van der Waals surface area contributed by atoms with E-state index in [1.54, 1.807) is 12.1 Å². The van der Waals surface area contributed by atoms with Crippen LogP contribution in [0, 0.1) is 6.92 Å². The van der Waals surface area contributed by atoms with E-state index in [0.717, 1.165) is 56.4 Å². The molecule has 4 rings (SSSR count). The van der Waals surface area contributed by atoms with Gasteiger partial charge in [-0.05, 0) is 56.5 Å². The Balaban J connectivity index is 0.00000324. The Labute approximate surface area is 218 Å². The van der Waals surface area contributed by atoms with Crippen LogP contribution in [-0.4, -0.2) is 70.7 Å². The lowest BCUT2D eigenvalue weighted by Crippen LogP contribution is -2.53. The molecule has 3 heterocycles. The van der Waals surface area contributed by atoms with Gasteiger partial charge < -0.3 is 19.5 Å². The molecule has 1 aliphatic rings. The van der Waals surface area contributed by atoms with Crippen molar-refractivity contribution in [3.05, 3.63) is 71.9 Å². The number of para-hydroxylation sites is 1. The van der Waals surface area contributed by atoms with Crippen molar-refractivity contribution in [2.45, 2.75) is 26.7 Å². The number of hydrogen-bond donors (Lipinski definition) is 1. The number of rotatable bonds is 7. The first-order valence-corrected chi connectivity index (χ1v) is 11.6. The molecule has 1 saturated heterocycles. The Kier molecular flexibility index (Phi) is 9.55. The summed E-state index contributed by atoms with van der Waals surface area (Å²) in [4.78, 5) is 21.4. The minimum Gasteiger partial charge on any atom is -0.459 e. The van der Waals surface area contributed by atoms with Crippen LogP contribution in [0.25, 0.3) is 5.69 Å². The number of benzene rings is 1. The Morgan fingerprint density at radius 1 is 1.09 bits per heavy atom. The number of amides is 1. The van der Waals surface area contributed by atoms with Crippen LogP contribution in [0.1, 0.15) is 35.2 Å². The molecule has 1 N–H and O–H groups in total. The number of carbonyl (C=O) groups excluding carboxylic acids is 1. The molecule has 0 atom stereocenters. The first-order chi connectivity index (χ1) is 16.2. The molecule has 0 saturated carbocycles. The predicted molar refractivity (Wildman–Crippen MR) is 144 cm³/mol. The number of aromatic nitrogens is 2. The highest BCUT2D eigenvalue weighted by Gasteiger charge is 2.25. The lowest BCUT2D eigenvalue weighted by molar-refractivity contribution is 0.0657. The highest BCUT2D eigenvalue weighted by Crippen LogP contribution is 2.14. The van der Waals surface area contributed by atoms with Gasteiger partial charge in [0, 0.05) is 45.5 Å². The van der Waals surface area contributed by atoms with Crippen LogP contribution in [0.5, 0.6) is 0 Å². The highest BCUT2D eigenvalue weighted by molar-refractivity contribution is 14.0. The number of furan rings is 1. The maximum absolute atomic E-state index is 12.5. The smallest absolute Gasteiger partial charge is 0.289 e. The zero-order valence-electron chi connectivity index (χ0n) is 19.8. The second-order valence-corrected chi connectivity index (χ2v) is 8.12. The van der Waals surface area contributed by atoms with Crippen LogP contribution in [0.15, 0.2) is 64.3 Å². The Hall–Kier alpha value is -2.82. The van der Waals surface area contributed by atoms with Gasteiger partial charge in [0.1, 0.15) is 0 Å². The normalized spacial score (nSPS) is 14.1. The monoisotopic (exact) mass is 576 g/mol. The Morgan fingerprint density at radius 2 is 1.82 bits per heavy atom. The SMILES string of the molecule is CCNC(=NCCCc1cn(-c2ccccc2)nc1C)N1CCN(C(=O)c2ccco2)CC1.I. The summed E-state index contributed by atoms with van der Waals surface area (Å²) in [5, 5.41) is 8.06. The molecule has 0 aliphatic carbocycles. The average Bonchev–Trinajstić information content (AvgIpc) is 3.52. The molecule has 1 amide bonds. The third kappa shape index (κ3) is 6.40. The molecule has 0 spiro atoms. The number of hydrogen-bond acceptors (Lipinski definition) is 4. The number of aliphatic imine (C=N–C) groups is 1. The van der Waals surface area contributed by atoms with Gasteiger partial charge in [0.05, 0.1) is 17.6 Å². The van der Waals surface area contributed by atoms with Crippen LogP contribution < -0.4 is 5.32 Å². The van der Waals surface area contributed by atoms with Crippen molar-refractivity contribution in [2.75, 3.05) is 39.3 Å². The number of nitrogens with zero attached hydrogens (tertiary/aromatic N) is 5. The van der Waals surface area contributed by atoms with Gasteiger partial charge >= 0.3 is 0 Å². The molecule has 1 fully saturated rings. The van der Waals surface area contributed by atoms with Crippen molar-refractivity contribution < 1.29 is 9.21 Å². The molecule has 182 valence electrons. The zero-order valence-corrected chi connectivity index (χ0v) is 22.1. The van der Waals surface area contributed by atoms with Crippen LogP contribution in [0.4, 0.5) is 0 Å². The zero-order chi connectivity index (χ0) is 23.0. The van der Waals surface area contributed by atoms with Crippen LogP contribution in [0.2, 0.25) is 0 Å². The summed E-state index contributed by atoms with van der Waals surface area (Å²) >= 11 is 0. The summed E-state index contributed by atoms with van der Waals surface area (Å²) in [6, 6.07) is 13.6. The van der Waals surface area contributed by atoms with E-state index in [4.69, 9.17) is 9.41 Å². The maximum Gasteiger partial charge on any atom is 0.289 e. The molecule has 8 nitrogen and oxygen atoms in total. The minimum absolute atomic E-state index is 0. The van der Waals surface area contributed by atoms with Gasteiger partial charge in [-0.25, -0.2) is 4.68 Å². The first-order valence-electron chi connectivity index (χ1n) is 11.6. The van der Waals surface area contributed by atoms with E-state index in [1.807, 2.05) is 27.8 Å². The predicted octanol–water partition coefficient (Wildman–Crippen LogP) is 3.75. The third-order valence-corrected chi connectivity index (χ3v) is 5.82. The van der Waals surface area contributed by atoms with Gasteiger partial charge in [0.25, 0.3) is 5.91 Å². The van der Waals surface area contributed by atoms with E-state index in [0.29, 0.717) is 18.8 Å². The van der Waals surface area contributed by atoms with E-state index in [1.165, 1.54) is 11.8 Å². The first kappa shape index (κ1) is 25.8. The van der Waals surface area contributed by atoms with Gasteiger partial charge in [0.2, 0.25) is 0 Å². The van der Waals surface area contributed by atoms with Crippen LogP contribution in [0.3, 0.4) is 0 Å². The summed E-state index contributed by atoms with van der Waals surface area (Å²) in [6.07, 6.45) is 5.54. The molecule has 0 unspecified atom stereocenters. The number of halogens is 1. The molecule has 1 aliphatic heterocycles. The average molecular weight is 576 g/mol. The van der Waals surface area contributed by atoms with Gasteiger partial charge in [-0.1, -0.05) is 18.2 Å². The Bertz CT molecular complexity index is 1060. The quantitative estimate of drug-likeness (QED) is 0.201. The van der Waals surface area contributed by atoms with Gasteiger partial charge in [0.15, 0.2) is 11.7 Å². The summed E-state index contributed by atoms with van der Waals surface area (Å²) in [5.74, 6) is 1.27. The largest absolute Gasteiger partial charge is 0.459 e. The summed E-state index contributed by atoms with van der Waals surface area (Å²) in [5.41, 5.74) is 3.39. The lowest BCUT2D eigenvalue weighted by Gasteiger charge is -2.36. The van der Waals surface area contributed by atoms with E-state index < -0.39 is 0 Å². The number of aryl methyl sites for hydroxylation is 2. The van der Waals surface area contributed by atoms with Crippen LogP contribution in [-0.2, 0) is 6.42 Å². The molecule has 2 aromatic heterocycles. The van der Waals surface area contributed by atoms with E-state index >= 15 is 0 Å². The van der Waals surface area contributed by atoms with E-state index in [9.17, 15) is 4.79 Å². The van der Waals surface area contributed by atoms with E-state index in [2.05, 4.69) is 47.5 Å². The van der Waals surface area contributed by atoms with Crippen molar-refractivity contribution in [1.82, 2.24) is 24.9 Å². The minimum atomic E-state index is -0.0481. The molecule has 0 bridgehead atoms. The maximum atomic E-state index is 12.5. The van der Waals surface area contributed by atoms with E-state index in [-0.39, 0.29) is 29.9 Å². The van der Waals surface area contributed by atoms with Crippen LogP contribution >= 0.6 is 24.0 Å². The van der Waals surface area contributed by atoms with Crippen molar-refractivity contribution in [1.29, 1.82) is 0 Å². The van der Waals surface area contributed by atoms with Gasteiger partial charge in [-0.2, -0.15) is 5.10 Å². The molecular weight excluding hydrogens is 543 g/mol. The number of piperazine rings is 1. The molecule has 1 aromatic carbocycles. The molecule has 9 heteroatoms.